The second-order valence-electron chi connectivity index (χ2n) is 7.99. The first-order valence-corrected chi connectivity index (χ1v) is 10.3. The van der Waals surface area contributed by atoms with Crippen molar-refractivity contribution in [3.8, 4) is 11.5 Å². The zero-order valence-corrected chi connectivity index (χ0v) is 16.5. The van der Waals surface area contributed by atoms with Crippen molar-refractivity contribution in [3.63, 3.8) is 0 Å². The van der Waals surface area contributed by atoms with Gasteiger partial charge in [0.25, 0.3) is 5.56 Å². The lowest BCUT2D eigenvalue weighted by molar-refractivity contribution is -0.121. The van der Waals surface area contributed by atoms with Gasteiger partial charge in [0, 0.05) is 24.2 Å². The van der Waals surface area contributed by atoms with E-state index in [1.54, 1.807) is 17.0 Å². The number of anilines is 1. The van der Waals surface area contributed by atoms with Gasteiger partial charge in [-0.2, -0.15) is 0 Å². The zero-order valence-electron chi connectivity index (χ0n) is 16.5. The van der Waals surface area contributed by atoms with Crippen molar-refractivity contribution < 1.29 is 14.3 Å². The van der Waals surface area contributed by atoms with Crippen molar-refractivity contribution in [1.29, 1.82) is 0 Å². The molecule has 0 saturated heterocycles. The highest BCUT2D eigenvalue weighted by atomic mass is 16.7. The maximum Gasteiger partial charge on any atom is 0.261 e. The molecule has 7 heteroatoms. The molecule has 1 aromatic heterocycles. The van der Waals surface area contributed by atoms with Crippen molar-refractivity contribution >= 4 is 22.5 Å². The zero-order chi connectivity index (χ0) is 20.5. The first kappa shape index (κ1) is 18.7. The summed E-state index contributed by atoms with van der Waals surface area (Å²) in [5.41, 5.74) is 1.45. The fourth-order valence-electron chi connectivity index (χ4n) is 4.34. The fraction of sp³-hybridized carbons (Fsp3) is 0.348. The molecule has 0 radical (unpaired) electrons. The number of ether oxygens (including phenoxy) is 2. The van der Waals surface area contributed by atoms with Gasteiger partial charge >= 0.3 is 0 Å². The largest absolute Gasteiger partial charge is 0.454 e. The number of carbonyl (C=O) groups is 1. The molecule has 154 valence electrons. The average Bonchev–Trinajstić information content (AvgIpc) is 3.24. The molecule has 2 aliphatic rings. The highest BCUT2D eigenvalue weighted by Crippen LogP contribution is 2.35. The minimum atomic E-state index is -0.0156. The number of rotatable bonds is 4. The van der Waals surface area contributed by atoms with Gasteiger partial charge in [0.05, 0.1) is 17.2 Å². The van der Waals surface area contributed by atoms with Crippen LogP contribution in [0.5, 0.6) is 11.5 Å². The number of nitrogens with one attached hydrogen (secondary N) is 1. The molecular weight excluding hydrogens is 382 g/mol. The maximum absolute atomic E-state index is 12.7. The van der Waals surface area contributed by atoms with E-state index in [1.807, 2.05) is 36.4 Å². The molecule has 0 bridgehead atoms. The second-order valence-corrected chi connectivity index (χ2v) is 7.99. The maximum atomic E-state index is 12.7. The van der Waals surface area contributed by atoms with Gasteiger partial charge in [-0.25, -0.2) is 4.98 Å². The van der Waals surface area contributed by atoms with Gasteiger partial charge in [-0.05, 0) is 55.9 Å². The molecular formula is C23H23N3O4. The summed E-state index contributed by atoms with van der Waals surface area (Å²) in [5.74, 6) is 1.76. The molecule has 7 nitrogen and oxygen atoms in total. The van der Waals surface area contributed by atoms with Crippen molar-refractivity contribution in [1.82, 2.24) is 9.55 Å². The van der Waals surface area contributed by atoms with Gasteiger partial charge in [-0.15, -0.1) is 0 Å². The van der Waals surface area contributed by atoms with Crippen LogP contribution in [0.3, 0.4) is 0 Å². The number of aromatic nitrogens is 2. The predicted octanol–water partition coefficient (Wildman–Crippen LogP) is 3.57. The highest BCUT2D eigenvalue weighted by Gasteiger charge is 2.27. The second kappa shape index (κ2) is 7.82. The topological polar surface area (TPSA) is 82.4 Å². The molecule has 1 aliphatic carbocycles. The lowest BCUT2D eigenvalue weighted by Crippen LogP contribution is -2.30. The number of nitrogens with zero attached hydrogens (tertiary/aromatic N) is 2. The summed E-state index contributed by atoms with van der Waals surface area (Å²) in [5, 5.41) is 3.65. The van der Waals surface area contributed by atoms with Gasteiger partial charge in [0.1, 0.15) is 0 Å². The molecule has 0 spiro atoms. The van der Waals surface area contributed by atoms with Crippen LogP contribution in [-0.2, 0) is 11.3 Å². The Morgan fingerprint density at radius 2 is 1.87 bits per heavy atom. The van der Waals surface area contributed by atoms with Crippen LogP contribution in [0.25, 0.3) is 10.9 Å². The van der Waals surface area contributed by atoms with E-state index in [0.29, 0.717) is 29.3 Å². The van der Waals surface area contributed by atoms with E-state index >= 15 is 0 Å². The Bertz CT molecular complexity index is 1150. The molecule has 2 aromatic carbocycles. The van der Waals surface area contributed by atoms with Crippen molar-refractivity contribution in [2.24, 2.45) is 11.8 Å². The Kier molecular flexibility index (Phi) is 4.86. The van der Waals surface area contributed by atoms with E-state index in [1.165, 1.54) is 0 Å². The van der Waals surface area contributed by atoms with Gasteiger partial charge in [-0.3, -0.25) is 14.2 Å². The van der Waals surface area contributed by atoms with Crippen LogP contribution in [0.4, 0.5) is 5.69 Å². The lowest BCUT2D eigenvalue weighted by atomic mass is 9.81. The summed E-state index contributed by atoms with van der Waals surface area (Å²) in [6.07, 6.45) is 5.10. The first-order valence-electron chi connectivity index (χ1n) is 10.3. The first-order chi connectivity index (χ1) is 14.7. The summed E-state index contributed by atoms with van der Waals surface area (Å²) in [4.78, 5) is 29.8. The number of hydrogen-bond acceptors (Lipinski definition) is 5. The normalized spacial score (nSPS) is 20.3. The Hall–Kier alpha value is -3.35. The molecule has 1 amide bonds. The monoisotopic (exact) mass is 405 g/mol. The smallest absolute Gasteiger partial charge is 0.261 e. The van der Waals surface area contributed by atoms with Crippen LogP contribution < -0.4 is 20.3 Å². The summed E-state index contributed by atoms with van der Waals surface area (Å²) in [7, 11) is 0. The van der Waals surface area contributed by atoms with Crippen molar-refractivity contribution in [2.75, 3.05) is 12.1 Å². The van der Waals surface area contributed by atoms with E-state index in [2.05, 4.69) is 10.3 Å². The molecule has 1 aliphatic heterocycles. The van der Waals surface area contributed by atoms with Crippen LogP contribution >= 0.6 is 0 Å². The number of hydrogen-bond donors (Lipinski definition) is 1. The summed E-state index contributed by atoms with van der Waals surface area (Å²) in [6.45, 7) is 0.861. The van der Waals surface area contributed by atoms with Gasteiger partial charge in [0.15, 0.2) is 11.5 Å². The molecule has 1 saturated carbocycles. The van der Waals surface area contributed by atoms with Crippen molar-refractivity contribution in [3.05, 3.63) is 59.1 Å². The van der Waals surface area contributed by atoms with Crippen LogP contribution in [0, 0.1) is 11.8 Å². The van der Waals surface area contributed by atoms with E-state index in [-0.39, 0.29) is 24.2 Å². The fourth-order valence-corrected chi connectivity index (χ4v) is 4.34. The molecule has 1 fully saturated rings. The van der Waals surface area contributed by atoms with Crippen LogP contribution in [0.2, 0.25) is 0 Å². The Balaban J connectivity index is 1.19. The van der Waals surface area contributed by atoms with Gasteiger partial charge < -0.3 is 14.8 Å². The summed E-state index contributed by atoms with van der Waals surface area (Å²) >= 11 is 0. The van der Waals surface area contributed by atoms with E-state index in [9.17, 15) is 9.59 Å². The van der Waals surface area contributed by atoms with Crippen LogP contribution in [0.1, 0.15) is 25.7 Å². The van der Waals surface area contributed by atoms with E-state index < -0.39 is 0 Å². The number of carbonyl (C=O) groups excluding carboxylic acids is 1. The number of fused-ring (bicyclic) bond motifs is 2. The third-order valence-corrected chi connectivity index (χ3v) is 6.04. The summed E-state index contributed by atoms with van der Waals surface area (Å²) in [6, 6.07) is 12.9. The van der Waals surface area contributed by atoms with Gasteiger partial charge in [-0.1, -0.05) is 12.1 Å². The number of amides is 1. The molecule has 5 rings (SSSR count). The lowest BCUT2D eigenvalue weighted by Gasteiger charge is -2.28. The minimum Gasteiger partial charge on any atom is -0.454 e. The Morgan fingerprint density at radius 1 is 1.07 bits per heavy atom. The Morgan fingerprint density at radius 3 is 2.73 bits per heavy atom. The summed E-state index contributed by atoms with van der Waals surface area (Å²) < 4.78 is 12.4. The minimum absolute atomic E-state index is 0.00303. The molecule has 1 N–H and O–H groups in total. The van der Waals surface area contributed by atoms with Crippen LogP contribution in [0.15, 0.2) is 53.6 Å². The molecule has 30 heavy (non-hydrogen) atoms. The molecule has 0 unspecified atom stereocenters. The standard InChI is InChI=1S/C23H23N3O4/c27-22(25-17-9-10-20-21(11-17)30-14-29-20)16-7-5-15(6-8-16)12-26-13-24-19-4-2-1-3-18(19)23(26)28/h1-4,9-11,13,15-16H,5-8,12,14H2,(H,25,27). The molecule has 2 heterocycles. The highest BCUT2D eigenvalue weighted by molar-refractivity contribution is 5.93. The average molecular weight is 405 g/mol. The SMILES string of the molecule is O=C(Nc1ccc2c(c1)OCO2)C1CCC(Cn2cnc3ccccc3c2=O)CC1. The van der Waals surface area contributed by atoms with E-state index in [4.69, 9.17) is 9.47 Å². The third-order valence-electron chi connectivity index (χ3n) is 6.04. The number of benzene rings is 2. The van der Waals surface area contributed by atoms with E-state index in [0.717, 1.165) is 36.9 Å². The molecule has 3 aromatic rings. The van der Waals surface area contributed by atoms with Crippen molar-refractivity contribution in [2.45, 2.75) is 32.2 Å². The predicted molar refractivity (Wildman–Crippen MR) is 113 cm³/mol. The quantitative estimate of drug-likeness (QED) is 0.718. The third kappa shape index (κ3) is 3.63. The van der Waals surface area contributed by atoms with Gasteiger partial charge in [0.2, 0.25) is 12.7 Å². The molecule has 0 atom stereocenters. The Labute approximate surface area is 173 Å². The number of para-hydroxylation sites is 1. The van der Waals surface area contributed by atoms with Crippen LogP contribution in [-0.4, -0.2) is 22.3 Å².